The second kappa shape index (κ2) is 10.0. The lowest BCUT2D eigenvalue weighted by atomic mass is 10.1. The Kier molecular flexibility index (Phi) is 6.93. The van der Waals surface area contributed by atoms with Crippen LogP contribution in [0.5, 0.6) is 5.75 Å². The van der Waals surface area contributed by atoms with Gasteiger partial charge in [0.25, 0.3) is 0 Å². The number of esters is 1. The maximum atomic E-state index is 13.6. The number of ether oxygens (including phenoxy) is 2. The van der Waals surface area contributed by atoms with Gasteiger partial charge in [0.2, 0.25) is 0 Å². The number of para-hydroxylation sites is 1. The van der Waals surface area contributed by atoms with Crippen molar-refractivity contribution in [2.45, 2.75) is 17.4 Å². The third-order valence-electron chi connectivity index (χ3n) is 4.76. The summed E-state index contributed by atoms with van der Waals surface area (Å²) in [5.74, 6) is 0.0510. The summed E-state index contributed by atoms with van der Waals surface area (Å²) in [6.07, 6.45) is 0. The van der Waals surface area contributed by atoms with E-state index in [1.807, 2.05) is 48.5 Å². The van der Waals surface area contributed by atoms with Crippen molar-refractivity contribution >= 4 is 40.2 Å². The zero-order chi connectivity index (χ0) is 22.5. The van der Waals surface area contributed by atoms with Crippen LogP contribution in [0.3, 0.4) is 0 Å². The van der Waals surface area contributed by atoms with Crippen molar-refractivity contribution in [1.82, 2.24) is 4.98 Å². The van der Waals surface area contributed by atoms with Crippen molar-refractivity contribution in [3.63, 3.8) is 0 Å². The molecule has 7 heteroatoms. The maximum Gasteiger partial charge on any atom is 0.344 e. The average Bonchev–Trinajstić information content (AvgIpc) is 2.81. The van der Waals surface area contributed by atoms with Crippen LogP contribution in [0.25, 0.3) is 10.9 Å². The third kappa shape index (κ3) is 5.03. The first-order chi connectivity index (χ1) is 15.5. The molecule has 3 aromatic carbocycles. The van der Waals surface area contributed by atoms with E-state index in [1.165, 1.54) is 31.0 Å². The minimum atomic E-state index is -0.545. The van der Waals surface area contributed by atoms with E-state index in [9.17, 15) is 9.18 Å². The van der Waals surface area contributed by atoms with Crippen LogP contribution < -0.4 is 4.74 Å². The van der Waals surface area contributed by atoms with E-state index in [0.717, 1.165) is 5.56 Å². The number of thioether (sulfide) groups is 1. The van der Waals surface area contributed by atoms with Gasteiger partial charge in [-0.25, -0.2) is 14.2 Å². The summed E-state index contributed by atoms with van der Waals surface area (Å²) in [4.78, 5) is 17.5. The number of hydrogen-bond acceptors (Lipinski definition) is 5. The summed E-state index contributed by atoms with van der Waals surface area (Å²) in [7, 11) is 1.32. The summed E-state index contributed by atoms with van der Waals surface area (Å²) in [5.41, 5.74) is 2.62. The average molecular weight is 468 g/mol. The Morgan fingerprint density at radius 1 is 1.03 bits per heavy atom. The Balaban J connectivity index is 1.74. The van der Waals surface area contributed by atoms with Crippen LogP contribution >= 0.6 is 23.4 Å². The molecule has 4 rings (SSSR count). The fraction of sp³-hybridized carbons (Fsp3) is 0.120. The molecular weight excluding hydrogens is 449 g/mol. The number of methoxy groups -OCH3 is 1. The second-order valence-corrected chi connectivity index (χ2v) is 8.36. The van der Waals surface area contributed by atoms with Crippen molar-refractivity contribution in [2.75, 3.05) is 7.11 Å². The number of aromatic nitrogens is 1. The predicted octanol–water partition coefficient (Wildman–Crippen LogP) is 6.69. The first-order valence-electron chi connectivity index (χ1n) is 9.80. The van der Waals surface area contributed by atoms with Crippen LogP contribution in [0.1, 0.15) is 21.5 Å². The van der Waals surface area contributed by atoms with Gasteiger partial charge >= 0.3 is 5.97 Å². The standard InChI is InChI=1S/C25H19ClFNO3S/c1-30-25(29)22-23(31-14-17-5-4-6-19(27)13-17)20-7-2-3-8-21(20)28-24(22)32-15-16-9-11-18(26)12-10-16/h2-13H,14-15H2,1H3. The molecule has 0 fully saturated rings. The number of carbonyl (C=O) groups excluding carboxylic acids is 1. The van der Waals surface area contributed by atoms with Gasteiger partial charge < -0.3 is 9.47 Å². The highest BCUT2D eigenvalue weighted by atomic mass is 35.5. The van der Waals surface area contributed by atoms with E-state index >= 15 is 0 Å². The van der Waals surface area contributed by atoms with Gasteiger partial charge in [-0.05, 0) is 47.5 Å². The molecule has 0 aliphatic rings. The number of benzene rings is 3. The van der Waals surface area contributed by atoms with Gasteiger partial charge in [0, 0.05) is 16.2 Å². The Morgan fingerprint density at radius 2 is 1.81 bits per heavy atom. The molecule has 0 unspecified atom stereocenters. The monoisotopic (exact) mass is 467 g/mol. The first kappa shape index (κ1) is 22.1. The minimum absolute atomic E-state index is 0.0943. The fourth-order valence-electron chi connectivity index (χ4n) is 3.21. The van der Waals surface area contributed by atoms with Crippen molar-refractivity contribution < 1.29 is 18.7 Å². The highest BCUT2D eigenvalue weighted by Gasteiger charge is 2.24. The minimum Gasteiger partial charge on any atom is -0.487 e. The van der Waals surface area contributed by atoms with Crippen molar-refractivity contribution in [2.24, 2.45) is 0 Å². The fourth-order valence-corrected chi connectivity index (χ4v) is 4.32. The van der Waals surface area contributed by atoms with E-state index in [2.05, 4.69) is 0 Å². The number of carbonyl (C=O) groups is 1. The lowest BCUT2D eigenvalue weighted by molar-refractivity contribution is 0.0590. The Bertz CT molecular complexity index is 1260. The van der Waals surface area contributed by atoms with Crippen LogP contribution in [0.15, 0.2) is 77.8 Å². The lowest BCUT2D eigenvalue weighted by Crippen LogP contribution is -2.10. The van der Waals surface area contributed by atoms with E-state index in [0.29, 0.717) is 38.0 Å². The van der Waals surface area contributed by atoms with Crippen LogP contribution in [0.4, 0.5) is 4.39 Å². The second-order valence-electron chi connectivity index (χ2n) is 6.96. The van der Waals surface area contributed by atoms with E-state index < -0.39 is 5.97 Å². The molecule has 0 saturated heterocycles. The van der Waals surface area contributed by atoms with Crippen LogP contribution in [0, 0.1) is 5.82 Å². The number of pyridine rings is 1. The molecule has 0 atom stereocenters. The molecule has 1 aromatic heterocycles. The SMILES string of the molecule is COC(=O)c1c(SCc2ccc(Cl)cc2)nc2ccccc2c1OCc1cccc(F)c1. The van der Waals surface area contributed by atoms with Gasteiger partial charge in [0.15, 0.2) is 0 Å². The summed E-state index contributed by atoms with van der Waals surface area (Å²) in [6.45, 7) is 0.0943. The zero-order valence-electron chi connectivity index (χ0n) is 17.2. The van der Waals surface area contributed by atoms with Crippen LogP contribution in [-0.4, -0.2) is 18.1 Å². The predicted molar refractivity (Wildman–Crippen MR) is 125 cm³/mol. The number of fused-ring (bicyclic) bond motifs is 1. The number of halogens is 2. The van der Waals surface area contributed by atoms with Crippen molar-refractivity contribution in [3.8, 4) is 5.75 Å². The summed E-state index contributed by atoms with van der Waals surface area (Å²) in [5, 5.41) is 1.84. The Morgan fingerprint density at radius 3 is 2.56 bits per heavy atom. The molecule has 0 radical (unpaired) electrons. The molecule has 0 aliphatic carbocycles. The molecule has 162 valence electrons. The van der Waals surface area contributed by atoms with Gasteiger partial charge in [-0.2, -0.15) is 0 Å². The number of nitrogens with zero attached hydrogens (tertiary/aromatic N) is 1. The highest BCUT2D eigenvalue weighted by molar-refractivity contribution is 7.98. The molecule has 0 aliphatic heterocycles. The lowest BCUT2D eigenvalue weighted by Gasteiger charge is -2.16. The topological polar surface area (TPSA) is 48.4 Å². The maximum absolute atomic E-state index is 13.6. The van der Waals surface area contributed by atoms with E-state index in [1.54, 1.807) is 12.1 Å². The molecule has 0 amide bonds. The van der Waals surface area contributed by atoms with Crippen LogP contribution in [-0.2, 0) is 17.1 Å². The molecule has 0 saturated carbocycles. The van der Waals surface area contributed by atoms with Crippen LogP contribution in [0.2, 0.25) is 5.02 Å². The van der Waals surface area contributed by atoms with Gasteiger partial charge in [-0.1, -0.05) is 48.0 Å². The third-order valence-corrected chi connectivity index (χ3v) is 6.06. The van der Waals surface area contributed by atoms with Crippen molar-refractivity contribution in [3.05, 3.63) is 100 Å². The zero-order valence-corrected chi connectivity index (χ0v) is 18.8. The largest absolute Gasteiger partial charge is 0.487 e. The molecule has 0 spiro atoms. The van der Waals surface area contributed by atoms with E-state index in [-0.39, 0.29) is 18.0 Å². The molecule has 4 aromatic rings. The summed E-state index contributed by atoms with van der Waals surface area (Å²) >= 11 is 7.38. The van der Waals surface area contributed by atoms with Gasteiger partial charge in [-0.3, -0.25) is 0 Å². The molecular formula is C25H19ClFNO3S. The van der Waals surface area contributed by atoms with Gasteiger partial charge in [0.1, 0.15) is 28.8 Å². The number of rotatable bonds is 7. The number of hydrogen-bond donors (Lipinski definition) is 0. The Labute approximate surface area is 194 Å². The molecule has 0 N–H and O–H groups in total. The smallest absolute Gasteiger partial charge is 0.344 e. The molecule has 4 nitrogen and oxygen atoms in total. The van der Waals surface area contributed by atoms with E-state index in [4.69, 9.17) is 26.1 Å². The molecule has 32 heavy (non-hydrogen) atoms. The first-order valence-corrected chi connectivity index (χ1v) is 11.2. The quantitative estimate of drug-likeness (QED) is 0.224. The molecule has 1 heterocycles. The summed E-state index contributed by atoms with van der Waals surface area (Å²) < 4.78 is 24.7. The van der Waals surface area contributed by atoms with Crippen molar-refractivity contribution in [1.29, 1.82) is 0 Å². The van der Waals surface area contributed by atoms with Gasteiger partial charge in [-0.15, -0.1) is 11.8 Å². The highest BCUT2D eigenvalue weighted by Crippen LogP contribution is 2.37. The summed E-state index contributed by atoms with van der Waals surface area (Å²) in [6, 6.07) is 21.1. The van der Waals surface area contributed by atoms with Gasteiger partial charge in [0.05, 0.1) is 12.6 Å². The normalized spacial score (nSPS) is 10.8. The molecule has 0 bridgehead atoms. The Hall–Kier alpha value is -3.09.